The maximum absolute atomic E-state index is 11.6. The Balaban J connectivity index is 2.28. The molecule has 1 rings (SSSR count). The Morgan fingerprint density at radius 3 is 2.76 bits per heavy atom. The van der Waals surface area contributed by atoms with E-state index in [9.17, 15) is 9.59 Å². The van der Waals surface area contributed by atoms with Crippen LogP contribution < -0.4 is 10.1 Å². The molecule has 7 heteroatoms. The van der Waals surface area contributed by atoms with Crippen LogP contribution in [0, 0.1) is 6.92 Å². The molecule has 1 aromatic rings. The van der Waals surface area contributed by atoms with Gasteiger partial charge in [-0.1, -0.05) is 0 Å². The molecule has 1 aromatic heterocycles. The van der Waals surface area contributed by atoms with Crippen LogP contribution in [0.3, 0.4) is 0 Å². The zero-order valence-corrected chi connectivity index (χ0v) is 13.3. The molecule has 0 aliphatic heterocycles. The summed E-state index contributed by atoms with van der Waals surface area (Å²) in [7, 11) is 0. The fourth-order valence-corrected chi connectivity index (χ4v) is 2.35. The number of ether oxygens (including phenoxy) is 2. The van der Waals surface area contributed by atoms with Crippen molar-refractivity contribution in [3.8, 4) is 5.75 Å². The van der Waals surface area contributed by atoms with E-state index in [1.807, 2.05) is 13.8 Å². The van der Waals surface area contributed by atoms with E-state index in [-0.39, 0.29) is 29.2 Å². The summed E-state index contributed by atoms with van der Waals surface area (Å²) < 4.78 is 10.6. The van der Waals surface area contributed by atoms with E-state index in [4.69, 9.17) is 14.6 Å². The summed E-state index contributed by atoms with van der Waals surface area (Å²) >= 11 is 1.13. The summed E-state index contributed by atoms with van der Waals surface area (Å²) in [6, 6.07) is 1.62. The lowest BCUT2D eigenvalue weighted by molar-refractivity contribution is -0.123. The first kappa shape index (κ1) is 17.5. The van der Waals surface area contributed by atoms with Crippen LogP contribution in [0.2, 0.25) is 0 Å². The van der Waals surface area contributed by atoms with Gasteiger partial charge in [0.05, 0.1) is 6.10 Å². The summed E-state index contributed by atoms with van der Waals surface area (Å²) in [6.45, 7) is 6.60. The largest absolute Gasteiger partial charge is 0.482 e. The summed E-state index contributed by atoms with van der Waals surface area (Å²) in [5.74, 6) is -1.09. The Bertz CT molecular complexity index is 484. The Morgan fingerprint density at radius 2 is 2.14 bits per heavy atom. The topological polar surface area (TPSA) is 84.9 Å². The van der Waals surface area contributed by atoms with Crippen molar-refractivity contribution in [3.63, 3.8) is 0 Å². The molecule has 0 saturated carbocycles. The molecule has 21 heavy (non-hydrogen) atoms. The number of aromatic carboxylic acids is 1. The SMILES string of the molecule is Cc1cc(OCC(=O)NCCCOC(C)C)c(C(=O)O)s1. The Kier molecular flexibility index (Phi) is 7.18. The molecule has 0 aliphatic carbocycles. The van der Waals surface area contributed by atoms with Crippen molar-refractivity contribution in [2.75, 3.05) is 19.8 Å². The lowest BCUT2D eigenvalue weighted by atomic mass is 10.4. The highest BCUT2D eigenvalue weighted by Gasteiger charge is 2.16. The normalized spacial score (nSPS) is 10.7. The molecule has 0 aliphatic rings. The van der Waals surface area contributed by atoms with Gasteiger partial charge in [-0.2, -0.15) is 0 Å². The van der Waals surface area contributed by atoms with Gasteiger partial charge in [-0.05, 0) is 33.3 Å². The molecule has 0 saturated heterocycles. The Labute approximate surface area is 128 Å². The molecule has 1 heterocycles. The van der Waals surface area contributed by atoms with Crippen LogP contribution in [0.15, 0.2) is 6.07 Å². The minimum absolute atomic E-state index is 0.116. The van der Waals surface area contributed by atoms with Crippen molar-refractivity contribution in [3.05, 3.63) is 15.8 Å². The quantitative estimate of drug-likeness (QED) is 0.681. The molecule has 0 bridgehead atoms. The third-order valence-electron chi connectivity index (χ3n) is 2.47. The standard InChI is InChI=1S/C14H21NO5S/c1-9(2)19-6-4-5-15-12(16)8-20-11-7-10(3)21-13(11)14(17)18/h7,9H,4-6,8H2,1-3H3,(H,15,16)(H,17,18). The average Bonchev–Trinajstić information content (AvgIpc) is 2.77. The molecule has 2 N–H and O–H groups in total. The smallest absolute Gasteiger partial charge is 0.349 e. The van der Waals surface area contributed by atoms with E-state index in [0.29, 0.717) is 13.2 Å². The van der Waals surface area contributed by atoms with Crippen LogP contribution in [0.1, 0.15) is 34.8 Å². The second-order valence-electron chi connectivity index (χ2n) is 4.77. The van der Waals surface area contributed by atoms with Gasteiger partial charge in [-0.25, -0.2) is 4.79 Å². The predicted octanol–water partition coefficient (Wildman–Crippen LogP) is 2.06. The van der Waals surface area contributed by atoms with Crippen LogP contribution >= 0.6 is 11.3 Å². The number of hydrogen-bond donors (Lipinski definition) is 2. The van der Waals surface area contributed by atoms with Gasteiger partial charge in [0.15, 0.2) is 11.5 Å². The third kappa shape index (κ3) is 6.59. The monoisotopic (exact) mass is 315 g/mol. The van der Waals surface area contributed by atoms with Crippen molar-refractivity contribution >= 4 is 23.2 Å². The van der Waals surface area contributed by atoms with Gasteiger partial charge in [0, 0.05) is 18.0 Å². The molecule has 0 radical (unpaired) electrons. The number of carbonyl (C=O) groups is 2. The minimum Gasteiger partial charge on any atom is -0.482 e. The first-order valence-corrected chi connectivity index (χ1v) is 7.56. The summed E-state index contributed by atoms with van der Waals surface area (Å²) in [4.78, 5) is 23.5. The van der Waals surface area contributed by atoms with Gasteiger partial charge in [-0.15, -0.1) is 11.3 Å². The Hall–Kier alpha value is -1.60. The van der Waals surface area contributed by atoms with Crippen LogP contribution in [-0.2, 0) is 9.53 Å². The molecule has 0 spiro atoms. The van der Waals surface area contributed by atoms with Crippen molar-refractivity contribution in [1.82, 2.24) is 5.32 Å². The summed E-state index contributed by atoms with van der Waals surface area (Å²) in [6.07, 6.45) is 0.905. The number of nitrogens with one attached hydrogen (secondary N) is 1. The van der Waals surface area contributed by atoms with E-state index in [1.165, 1.54) is 0 Å². The lowest BCUT2D eigenvalue weighted by Crippen LogP contribution is -2.30. The molecule has 0 fully saturated rings. The second-order valence-corrected chi connectivity index (χ2v) is 6.02. The number of carbonyl (C=O) groups excluding carboxylic acids is 1. The van der Waals surface area contributed by atoms with E-state index in [1.54, 1.807) is 13.0 Å². The predicted molar refractivity (Wildman–Crippen MR) is 80.2 cm³/mol. The molecular weight excluding hydrogens is 294 g/mol. The van der Waals surface area contributed by atoms with E-state index in [2.05, 4.69) is 5.32 Å². The van der Waals surface area contributed by atoms with E-state index >= 15 is 0 Å². The maximum Gasteiger partial charge on any atom is 0.349 e. The Morgan fingerprint density at radius 1 is 1.43 bits per heavy atom. The fourth-order valence-electron chi connectivity index (χ4n) is 1.56. The van der Waals surface area contributed by atoms with Crippen molar-refractivity contribution < 1.29 is 24.2 Å². The molecule has 0 unspecified atom stereocenters. The van der Waals surface area contributed by atoms with Crippen LogP contribution in [-0.4, -0.2) is 42.8 Å². The van der Waals surface area contributed by atoms with Gasteiger partial charge in [-0.3, -0.25) is 4.79 Å². The molecule has 6 nitrogen and oxygen atoms in total. The highest BCUT2D eigenvalue weighted by atomic mass is 32.1. The number of thiophene rings is 1. The first-order chi connectivity index (χ1) is 9.90. The van der Waals surface area contributed by atoms with Gasteiger partial charge in [0.25, 0.3) is 5.91 Å². The van der Waals surface area contributed by atoms with E-state index < -0.39 is 5.97 Å². The van der Waals surface area contributed by atoms with Crippen LogP contribution in [0.4, 0.5) is 0 Å². The third-order valence-corrected chi connectivity index (χ3v) is 3.49. The first-order valence-electron chi connectivity index (χ1n) is 6.75. The number of hydrogen-bond acceptors (Lipinski definition) is 5. The zero-order chi connectivity index (χ0) is 15.8. The number of carboxylic acids is 1. The van der Waals surface area contributed by atoms with E-state index in [0.717, 1.165) is 22.6 Å². The average molecular weight is 315 g/mol. The molecular formula is C14H21NO5S. The van der Waals surface area contributed by atoms with Gasteiger partial charge in [0.2, 0.25) is 0 Å². The van der Waals surface area contributed by atoms with Crippen molar-refractivity contribution in [2.45, 2.75) is 33.3 Å². The molecule has 0 atom stereocenters. The summed E-state index contributed by atoms with van der Waals surface area (Å²) in [5.41, 5.74) is 0. The number of aryl methyl sites for hydroxylation is 1. The highest BCUT2D eigenvalue weighted by molar-refractivity contribution is 7.14. The van der Waals surface area contributed by atoms with Crippen molar-refractivity contribution in [2.24, 2.45) is 0 Å². The lowest BCUT2D eigenvalue weighted by Gasteiger charge is -2.09. The van der Waals surface area contributed by atoms with Crippen LogP contribution in [0.25, 0.3) is 0 Å². The van der Waals surface area contributed by atoms with Gasteiger partial charge < -0.3 is 19.9 Å². The van der Waals surface area contributed by atoms with Crippen molar-refractivity contribution in [1.29, 1.82) is 0 Å². The number of carboxylic acid groups (broad SMARTS) is 1. The number of amides is 1. The minimum atomic E-state index is -1.05. The second kappa shape index (κ2) is 8.63. The molecule has 0 aromatic carbocycles. The summed E-state index contributed by atoms with van der Waals surface area (Å²) in [5, 5.41) is 11.7. The maximum atomic E-state index is 11.6. The number of rotatable bonds is 9. The highest BCUT2D eigenvalue weighted by Crippen LogP contribution is 2.28. The van der Waals surface area contributed by atoms with Gasteiger partial charge in [0.1, 0.15) is 5.75 Å². The zero-order valence-electron chi connectivity index (χ0n) is 12.5. The molecule has 1 amide bonds. The fraction of sp³-hybridized carbons (Fsp3) is 0.571. The molecule has 118 valence electrons. The van der Waals surface area contributed by atoms with Crippen LogP contribution in [0.5, 0.6) is 5.75 Å². The van der Waals surface area contributed by atoms with Gasteiger partial charge >= 0.3 is 5.97 Å².